The van der Waals surface area contributed by atoms with E-state index in [1.54, 1.807) is 18.0 Å². The highest BCUT2D eigenvalue weighted by Crippen LogP contribution is 2.33. The minimum Gasteiger partial charge on any atom is -0.328 e. The number of carbonyl (C=O) groups excluding carboxylic acids is 2. The third kappa shape index (κ3) is 6.21. The van der Waals surface area contributed by atoms with E-state index in [9.17, 15) is 9.59 Å². The monoisotopic (exact) mass is 442 g/mol. The number of nitrogens with one attached hydrogen (secondary N) is 2. The van der Waals surface area contributed by atoms with Crippen molar-refractivity contribution >= 4 is 34.9 Å². The highest BCUT2D eigenvalue weighted by atomic mass is 35.5. The van der Waals surface area contributed by atoms with Crippen LogP contribution in [0.25, 0.3) is 0 Å². The van der Waals surface area contributed by atoms with Crippen LogP contribution in [0.2, 0.25) is 5.02 Å². The maximum atomic E-state index is 13.1. The summed E-state index contributed by atoms with van der Waals surface area (Å²) in [6.07, 6.45) is 2.00. The van der Waals surface area contributed by atoms with E-state index in [2.05, 4.69) is 22.5 Å². The first kappa shape index (κ1) is 23.1. The van der Waals surface area contributed by atoms with Gasteiger partial charge in [0, 0.05) is 49.0 Å². The van der Waals surface area contributed by atoms with Crippen LogP contribution in [0, 0.1) is 5.92 Å². The molecular weight excluding hydrogens is 412 g/mol. The van der Waals surface area contributed by atoms with Crippen molar-refractivity contribution in [1.82, 2.24) is 9.80 Å². The lowest BCUT2D eigenvalue weighted by Crippen LogP contribution is -2.32. The second-order valence-electron chi connectivity index (χ2n) is 8.26. The van der Waals surface area contributed by atoms with Crippen molar-refractivity contribution in [3.63, 3.8) is 0 Å². The van der Waals surface area contributed by atoms with Gasteiger partial charge in [0.05, 0.1) is 5.92 Å². The summed E-state index contributed by atoms with van der Waals surface area (Å²) in [4.78, 5) is 29.3. The van der Waals surface area contributed by atoms with Gasteiger partial charge < -0.3 is 20.4 Å². The van der Waals surface area contributed by atoms with E-state index in [4.69, 9.17) is 11.6 Å². The molecule has 3 rings (SSSR count). The molecule has 1 aliphatic heterocycles. The smallest absolute Gasteiger partial charge is 0.321 e. The number of halogens is 1. The fourth-order valence-electron chi connectivity index (χ4n) is 3.94. The molecule has 31 heavy (non-hydrogen) atoms. The fourth-order valence-corrected chi connectivity index (χ4v) is 4.07. The van der Waals surface area contributed by atoms with Crippen LogP contribution in [0.5, 0.6) is 0 Å². The summed E-state index contributed by atoms with van der Waals surface area (Å²) in [5, 5.41) is 6.62. The highest BCUT2D eigenvalue weighted by Gasteiger charge is 2.37. The number of benzene rings is 2. The average Bonchev–Trinajstić information content (AvgIpc) is 3.14. The molecule has 6 nitrogen and oxygen atoms in total. The number of amides is 3. The van der Waals surface area contributed by atoms with E-state index in [-0.39, 0.29) is 23.8 Å². The van der Waals surface area contributed by atoms with Gasteiger partial charge in [0.15, 0.2) is 0 Å². The molecule has 2 N–H and O–H groups in total. The number of anilines is 2. The lowest BCUT2D eigenvalue weighted by molar-refractivity contribution is -0.119. The van der Waals surface area contributed by atoms with Gasteiger partial charge >= 0.3 is 6.03 Å². The molecule has 0 aromatic heterocycles. The molecule has 1 aliphatic rings. The molecule has 0 spiro atoms. The fraction of sp³-hybridized carbons (Fsp3) is 0.417. The molecule has 0 bridgehead atoms. The van der Waals surface area contributed by atoms with Gasteiger partial charge in [-0.2, -0.15) is 0 Å². The van der Waals surface area contributed by atoms with Gasteiger partial charge in [-0.3, -0.25) is 4.79 Å². The van der Waals surface area contributed by atoms with E-state index in [1.165, 1.54) is 0 Å². The molecule has 0 saturated carbocycles. The zero-order valence-electron chi connectivity index (χ0n) is 18.4. The maximum absolute atomic E-state index is 13.1. The first-order valence-corrected chi connectivity index (χ1v) is 11.1. The summed E-state index contributed by atoms with van der Waals surface area (Å²) >= 11 is 6.03. The third-order valence-corrected chi connectivity index (χ3v) is 5.96. The number of nitrogens with zero attached hydrogens (tertiary/aromatic N) is 2. The Morgan fingerprint density at radius 2 is 1.77 bits per heavy atom. The molecule has 1 heterocycles. The van der Waals surface area contributed by atoms with Crippen molar-refractivity contribution in [1.29, 1.82) is 0 Å². The van der Waals surface area contributed by atoms with Crippen molar-refractivity contribution in [2.45, 2.75) is 25.7 Å². The van der Waals surface area contributed by atoms with Gasteiger partial charge in [-0.1, -0.05) is 43.1 Å². The van der Waals surface area contributed by atoms with E-state index >= 15 is 0 Å². The Hall–Kier alpha value is -2.57. The highest BCUT2D eigenvalue weighted by molar-refractivity contribution is 6.30. The van der Waals surface area contributed by atoms with Crippen LogP contribution in [-0.2, 0) is 4.79 Å². The molecule has 0 radical (unpaired) electrons. The lowest BCUT2D eigenvalue weighted by atomic mass is 9.88. The molecule has 7 heteroatoms. The molecule has 1 saturated heterocycles. The molecular formula is C24H31ClN4O2. The number of urea groups is 1. The second-order valence-corrected chi connectivity index (χ2v) is 8.70. The molecule has 2 aromatic rings. The zero-order chi connectivity index (χ0) is 22.4. The minimum atomic E-state index is -0.162. The van der Waals surface area contributed by atoms with Crippen LogP contribution in [0.15, 0.2) is 48.5 Å². The van der Waals surface area contributed by atoms with E-state index in [1.807, 2.05) is 49.5 Å². The first-order chi connectivity index (χ1) is 14.9. The van der Waals surface area contributed by atoms with Crippen molar-refractivity contribution < 1.29 is 9.59 Å². The Morgan fingerprint density at radius 1 is 1.10 bits per heavy atom. The SMILES string of the molecule is CCCCN(C)C(=O)Nc1cccc(NC(=O)[C@H]2CN(C)C[C@@H]2c2ccc(Cl)cc2)c1. The van der Waals surface area contributed by atoms with Crippen molar-refractivity contribution in [2.24, 2.45) is 5.92 Å². The third-order valence-electron chi connectivity index (χ3n) is 5.71. The lowest BCUT2D eigenvalue weighted by Gasteiger charge is -2.20. The summed E-state index contributed by atoms with van der Waals surface area (Å²) in [6.45, 7) is 4.31. The minimum absolute atomic E-state index is 0.0205. The Morgan fingerprint density at radius 3 is 2.45 bits per heavy atom. The predicted octanol–water partition coefficient (Wildman–Crippen LogP) is 4.89. The van der Waals surface area contributed by atoms with Gasteiger partial charge in [0.25, 0.3) is 0 Å². The van der Waals surface area contributed by atoms with Crippen LogP contribution in [0.1, 0.15) is 31.2 Å². The van der Waals surface area contributed by atoms with Crippen molar-refractivity contribution in [3.8, 4) is 0 Å². The predicted molar refractivity (Wildman–Crippen MR) is 127 cm³/mol. The Balaban J connectivity index is 1.66. The number of likely N-dealkylation sites (N-methyl/N-ethyl adjacent to an activating group) is 1. The van der Waals surface area contributed by atoms with Crippen LogP contribution in [-0.4, -0.2) is 55.5 Å². The van der Waals surface area contributed by atoms with Crippen molar-refractivity contribution in [2.75, 3.05) is 44.4 Å². The van der Waals surface area contributed by atoms with Gasteiger partial charge in [0.2, 0.25) is 5.91 Å². The van der Waals surface area contributed by atoms with E-state index in [0.717, 1.165) is 24.9 Å². The largest absolute Gasteiger partial charge is 0.328 e. The zero-order valence-corrected chi connectivity index (χ0v) is 19.2. The maximum Gasteiger partial charge on any atom is 0.321 e. The Kier molecular flexibility index (Phi) is 7.93. The summed E-state index contributed by atoms with van der Waals surface area (Å²) in [5.41, 5.74) is 2.44. The number of likely N-dealkylation sites (tertiary alicyclic amines) is 1. The number of carbonyl (C=O) groups is 2. The number of unbranched alkanes of at least 4 members (excludes halogenated alkanes) is 1. The number of rotatable bonds is 7. The van der Waals surface area contributed by atoms with Crippen LogP contribution in [0.3, 0.4) is 0 Å². The van der Waals surface area contributed by atoms with Gasteiger partial charge in [-0.25, -0.2) is 4.79 Å². The van der Waals surface area contributed by atoms with E-state index < -0.39 is 0 Å². The van der Waals surface area contributed by atoms with Crippen LogP contribution in [0.4, 0.5) is 16.2 Å². The average molecular weight is 443 g/mol. The normalized spacial score (nSPS) is 18.6. The van der Waals surface area contributed by atoms with Crippen molar-refractivity contribution in [3.05, 3.63) is 59.1 Å². The molecule has 0 aliphatic carbocycles. The first-order valence-electron chi connectivity index (χ1n) is 10.7. The summed E-state index contributed by atoms with van der Waals surface area (Å²) in [5.74, 6) is -0.0743. The molecule has 2 atom stereocenters. The van der Waals surface area contributed by atoms with Gasteiger partial charge in [0.1, 0.15) is 0 Å². The second kappa shape index (κ2) is 10.6. The number of hydrogen-bond donors (Lipinski definition) is 2. The molecule has 166 valence electrons. The molecule has 2 aromatic carbocycles. The summed E-state index contributed by atoms with van der Waals surface area (Å²) in [7, 11) is 3.81. The topological polar surface area (TPSA) is 64.7 Å². The molecule has 3 amide bonds. The number of hydrogen-bond acceptors (Lipinski definition) is 3. The van der Waals surface area contributed by atoms with E-state index in [0.29, 0.717) is 29.5 Å². The van der Waals surface area contributed by atoms with Gasteiger partial charge in [-0.05, 0) is 49.4 Å². The summed E-state index contributed by atoms with van der Waals surface area (Å²) < 4.78 is 0. The van der Waals surface area contributed by atoms with Crippen LogP contribution >= 0.6 is 11.6 Å². The van der Waals surface area contributed by atoms with Gasteiger partial charge in [-0.15, -0.1) is 0 Å². The standard InChI is InChI=1S/C24H31ClN4O2/c1-4-5-13-29(3)24(31)27-20-8-6-7-19(14-20)26-23(30)22-16-28(2)15-21(22)17-9-11-18(25)12-10-17/h6-12,14,21-22H,4-5,13,15-16H2,1-3H3,(H,26,30)(H,27,31)/t21-,22+/m1/s1. The quantitative estimate of drug-likeness (QED) is 0.641. The summed E-state index contributed by atoms with van der Waals surface area (Å²) in [6, 6.07) is 14.9. The Bertz CT molecular complexity index is 903. The molecule has 1 fully saturated rings. The Labute approximate surface area is 189 Å². The molecule has 0 unspecified atom stereocenters. The van der Waals surface area contributed by atoms with Crippen LogP contribution < -0.4 is 10.6 Å².